The highest BCUT2D eigenvalue weighted by molar-refractivity contribution is 5.84. The predicted molar refractivity (Wildman–Crippen MR) is 45.8 cm³/mol. The Labute approximate surface area is 76.8 Å². The number of nitrogens with two attached hydrogens (primary N) is 1. The van der Waals surface area contributed by atoms with Crippen molar-refractivity contribution in [1.82, 2.24) is 4.90 Å². The third-order valence-corrected chi connectivity index (χ3v) is 1.87. The largest absolute Gasteiger partial charge is 0.465 e. The number of hydrogen-bond donors (Lipinski definition) is 1. The molecule has 13 heavy (non-hydrogen) atoms. The summed E-state index contributed by atoms with van der Waals surface area (Å²) in [6, 6.07) is -0.137. The zero-order valence-electron chi connectivity index (χ0n) is 7.66. The van der Waals surface area contributed by atoms with E-state index in [9.17, 15) is 9.59 Å². The molecule has 1 heterocycles. The van der Waals surface area contributed by atoms with E-state index in [0.29, 0.717) is 19.6 Å². The quantitative estimate of drug-likeness (QED) is 0.580. The van der Waals surface area contributed by atoms with Crippen molar-refractivity contribution >= 4 is 11.9 Å². The van der Waals surface area contributed by atoms with Gasteiger partial charge in [-0.05, 0) is 6.92 Å². The second-order valence-electron chi connectivity index (χ2n) is 3.04. The molecule has 74 valence electrons. The molecule has 1 fully saturated rings. The van der Waals surface area contributed by atoms with E-state index in [-0.39, 0.29) is 24.5 Å². The Bertz CT molecular complexity index is 217. The van der Waals surface area contributed by atoms with Crippen LogP contribution in [0.3, 0.4) is 0 Å². The fourth-order valence-electron chi connectivity index (χ4n) is 1.32. The van der Waals surface area contributed by atoms with E-state index in [0.717, 1.165) is 0 Å². The van der Waals surface area contributed by atoms with Gasteiger partial charge >= 0.3 is 5.97 Å². The van der Waals surface area contributed by atoms with Crippen LogP contribution in [0, 0.1) is 0 Å². The normalized spacial score (nSPS) is 22.2. The first-order chi connectivity index (χ1) is 6.13. The molecule has 0 spiro atoms. The van der Waals surface area contributed by atoms with Crippen molar-refractivity contribution in [3.8, 4) is 0 Å². The van der Waals surface area contributed by atoms with Crippen LogP contribution >= 0.6 is 0 Å². The van der Waals surface area contributed by atoms with Crippen molar-refractivity contribution in [2.24, 2.45) is 5.73 Å². The Morgan fingerprint density at radius 3 is 2.92 bits per heavy atom. The zero-order valence-corrected chi connectivity index (χ0v) is 7.66. The first kappa shape index (κ1) is 9.98. The van der Waals surface area contributed by atoms with Crippen LogP contribution in [0.1, 0.15) is 13.3 Å². The molecule has 0 aromatic rings. The molecule has 5 heteroatoms. The van der Waals surface area contributed by atoms with Gasteiger partial charge in [-0.2, -0.15) is 0 Å². The monoisotopic (exact) mass is 186 g/mol. The summed E-state index contributed by atoms with van der Waals surface area (Å²) in [6.45, 7) is 2.56. The first-order valence-corrected chi connectivity index (χ1v) is 4.32. The lowest BCUT2D eigenvalue weighted by Crippen LogP contribution is -2.33. The van der Waals surface area contributed by atoms with Gasteiger partial charge < -0.3 is 15.4 Å². The summed E-state index contributed by atoms with van der Waals surface area (Å²) in [6.07, 6.45) is 0.333. The van der Waals surface area contributed by atoms with E-state index in [2.05, 4.69) is 0 Å². The van der Waals surface area contributed by atoms with Crippen molar-refractivity contribution < 1.29 is 14.3 Å². The molecule has 0 aromatic heterocycles. The first-order valence-electron chi connectivity index (χ1n) is 4.32. The van der Waals surface area contributed by atoms with Gasteiger partial charge in [0, 0.05) is 19.0 Å². The fraction of sp³-hybridized carbons (Fsp3) is 0.750. The topological polar surface area (TPSA) is 72.6 Å². The minimum atomic E-state index is -0.370. The van der Waals surface area contributed by atoms with Crippen LogP contribution in [0.4, 0.5) is 0 Å². The minimum absolute atomic E-state index is 0.0281. The molecule has 0 aliphatic carbocycles. The highest BCUT2D eigenvalue weighted by atomic mass is 16.5. The zero-order chi connectivity index (χ0) is 9.84. The van der Waals surface area contributed by atoms with Crippen LogP contribution in [-0.2, 0) is 14.3 Å². The number of hydrogen-bond acceptors (Lipinski definition) is 4. The molecule has 1 amide bonds. The molecule has 1 atom stereocenters. The Morgan fingerprint density at radius 2 is 2.46 bits per heavy atom. The fourth-order valence-corrected chi connectivity index (χ4v) is 1.32. The van der Waals surface area contributed by atoms with Gasteiger partial charge in [-0.1, -0.05) is 0 Å². The standard InChI is InChI=1S/C8H14N2O3/c1-2-13-8(12)5-10-4-6(9)3-7(10)11/h6H,2-5,9H2,1H3. The predicted octanol–water partition coefficient (Wildman–Crippen LogP) is -0.891. The smallest absolute Gasteiger partial charge is 0.325 e. The van der Waals surface area contributed by atoms with Crippen LogP contribution in [0.25, 0.3) is 0 Å². The summed E-state index contributed by atoms with van der Waals surface area (Å²) < 4.78 is 4.71. The van der Waals surface area contributed by atoms with Crippen LogP contribution in [-0.4, -0.2) is 42.5 Å². The van der Waals surface area contributed by atoms with E-state index in [1.807, 2.05) is 0 Å². The van der Waals surface area contributed by atoms with Gasteiger partial charge in [-0.15, -0.1) is 0 Å². The second-order valence-corrected chi connectivity index (χ2v) is 3.04. The molecular weight excluding hydrogens is 172 g/mol. The van der Waals surface area contributed by atoms with E-state index in [1.54, 1.807) is 6.92 Å². The molecule has 1 aliphatic heterocycles. The molecule has 1 saturated heterocycles. The van der Waals surface area contributed by atoms with Gasteiger partial charge in [0.25, 0.3) is 0 Å². The number of likely N-dealkylation sites (tertiary alicyclic amines) is 1. The Kier molecular flexibility index (Phi) is 3.25. The van der Waals surface area contributed by atoms with Crippen molar-refractivity contribution in [2.75, 3.05) is 19.7 Å². The Morgan fingerprint density at radius 1 is 1.77 bits per heavy atom. The molecular formula is C8H14N2O3. The van der Waals surface area contributed by atoms with Crippen molar-refractivity contribution in [3.63, 3.8) is 0 Å². The maximum absolute atomic E-state index is 11.2. The lowest BCUT2D eigenvalue weighted by atomic mass is 10.3. The van der Waals surface area contributed by atoms with E-state index in [4.69, 9.17) is 10.5 Å². The minimum Gasteiger partial charge on any atom is -0.465 e. The third-order valence-electron chi connectivity index (χ3n) is 1.87. The summed E-state index contributed by atoms with van der Waals surface area (Å²) in [5.74, 6) is -0.439. The van der Waals surface area contributed by atoms with Gasteiger partial charge in [0.15, 0.2) is 0 Å². The van der Waals surface area contributed by atoms with E-state index >= 15 is 0 Å². The highest BCUT2D eigenvalue weighted by Crippen LogP contribution is 2.08. The van der Waals surface area contributed by atoms with Crippen LogP contribution in [0.2, 0.25) is 0 Å². The van der Waals surface area contributed by atoms with E-state index in [1.165, 1.54) is 4.90 Å². The average Bonchev–Trinajstić information content (AvgIpc) is 2.30. The number of rotatable bonds is 3. The van der Waals surface area contributed by atoms with Gasteiger partial charge in [0.1, 0.15) is 6.54 Å². The molecule has 1 aliphatic rings. The lowest BCUT2D eigenvalue weighted by Gasteiger charge is -2.13. The molecule has 1 rings (SSSR count). The van der Waals surface area contributed by atoms with Crippen LogP contribution in [0.15, 0.2) is 0 Å². The molecule has 0 radical (unpaired) electrons. The van der Waals surface area contributed by atoms with Gasteiger partial charge in [0.2, 0.25) is 5.91 Å². The molecule has 2 N–H and O–H groups in total. The molecule has 0 aromatic carbocycles. The number of nitrogens with zero attached hydrogens (tertiary/aromatic N) is 1. The van der Waals surface area contributed by atoms with Gasteiger partial charge in [0.05, 0.1) is 6.61 Å². The van der Waals surface area contributed by atoms with Crippen LogP contribution in [0.5, 0.6) is 0 Å². The maximum atomic E-state index is 11.2. The second kappa shape index (κ2) is 4.23. The SMILES string of the molecule is CCOC(=O)CN1CC(N)CC1=O. The van der Waals surface area contributed by atoms with E-state index < -0.39 is 0 Å². The summed E-state index contributed by atoms with van der Waals surface area (Å²) in [4.78, 5) is 23.6. The third kappa shape index (κ3) is 2.69. The number of ether oxygens (including phenoxy) is 1. The highest BCUT2D eigenvalue weighted by Gasteiger charge is 2.28. The summed E-state index contributed by atoms with van der Waals surface area (Å²) in [5, 5.41) is 0. The number of carbonyl (C=O) groups is 2. The summed E-state index contributed by atoms with van der Waals surface area (Å²) in [7, 11) is 0. The number of esters is 1. The average molecular weight is 186 g/mol. The maximum Gasteiger partial charge on any atom is 0.325 e. The molecule has 0 saturated carbocycles. The number of carbonyl (C=O) groups excluding carboxylic acids is 2. The van der Waals surface area contributed by atoms with Crippen molar-refractivity contribution in [3.05, 3.63) is 0 Å². The van der Waals surface area contributed by atoms with Crippen molar-refractivity contribution in [1.29, 1.82) is 0 Å². The molecule has 0 bridgehead atoms. The molecule has 5 nitrogen and oxygen atoms in total. The van der Waals surface area contributed by atoms with Crippen LogP contribution < -0.4 is 5.73 Å². The van der Waals surface area contributed by atoms with Gasteiger partial charge in [-0.25, -0.2) is 0 Å². The Hall–Kier alpha value is -1.10. The lowest BCUT2D eigenvalue weighted by molar-refractivity contribution is -0.147. The summed E-state index contributed by atoms with van der Waals surface area (Å²) in [5.41, 5.74) is 5.55. The number of amides is 1. The van der Waals surface area contributed by atoms with Gasteiger partial charge in [-0.3, -0.25) is 9.59 Å². The summed E-state index contributed by atoms with van der Waals surface area (Å²) >= 11 is 0. The Balaban J connectivity index is 2.37. The van der Waals surface area contributed by atoms with Crippen molar-refractivity contribution in [2.45, 2.75) is 19.4 Å². The molecule has 1 unspecified atom stereocenters.